The number of aryl methyl sites for hydroxylation is 1. The smallest absolute Gasteiger partial charge is 0.138 e. The number of nitrogens with one attached hydrogen (secondary N) is 1. The maximum atomic E-state index is 6.15. The zero-order chi connectivity index (χ0) is 15.6. The van der Waals surface area contributed by atoms with Gasteiger partial charge in [0, 0.05) is 22.5 Å². The normalized spacial score (nSPS) is 10.6. The number of hydrogen-bond acceptors (Lipinski definition) is 4. The summed E-state index contributed by atoms with van der Waals surface area (Å²) in [6.07, 6.45) is 0.722. The van der Waals surface area contributed by atoms with Crippen LogP contribution in [0.15, 0.2) is 21.1 Å². The first kappa shape index (κ1) is 16.5. The van der Waals surface area contributed by atoms with Crippen LogP contribution >= 0.6 is 43.5 Å². The van der Waals surface area contributed by atoms with Crippen LogP contribution in [0.3, 0.4) is 0 Å². The van der Waals surface area contributed by atoms with Gasteiger partial charge in [-0.25, -0.2) is 9.97 Å². The topological polar surface area (TPSA) is 47.0 Å². The second-order valence-electron chi connectivity index (χ2n) is 4.35. The predicted octanol–water partition coefficient (Wildman–Crippen LogP) is 5.28. The minimum absolute atomic E-state index is 0.463. The Hall–Kier alpha value is -0.850. The summed E-state index contributed by atoms with van der Waals surface area (Å²) in [7, 11) is 1.62. The molecule has 1 aromatic heterocycles. The zero-order valence-electron chi connectivity index (χ0n) is 11.8. The van der Waals surface area contributed by atoms with Crippen molar-refractivity contribution in [2.24, 2.45) is 0 Å². The van der Waals surface area contributed by atoms with Gasteiger partial charge >= 0.3 is 0 Å². The molecule has 112 valence electrons. The first-order valence-corrected chi connectivity index (χ1v) is 8.25. The van der Waals surface area contributed by atoms with Crippen LogP contribution in [0.5, 0.6) is 5.75 Å². The number of ether oxygens (including phenoxy) is 1. The van der Waals surface area contributed by atoms with Crippen LogP contribution in [0.1, 0.15) is 18.3 Å². The molecule has 2 aromatic rings. The molecule has 0 spiro atoms. The minimum atomic E-state index is 0.463. The van der Waals surface area contributed by atoms with Crippen molar-refractivity contribution in [2.45, 2.75) is 20.3 Å². The molecule has 1 aromatic carbocycles. The highest BCUT2D eigenvalue weighted by Crippen LogP contribution is 2.36. The lowest BCUT2D eigenvalue weighted by Crippen LogP contribution is -2.03. The standard InChI is InChI=1S/C14H14Br2ClN3O/c1-4-12-19-13(17)7(2)14(20-12)18-10-6-11(21-3)9(16)5-8(10)15/h5-6H,4H2,1-3H3,(H,18,19,20). The molecule has 0 aliphatic carbocycles. The van der Waals surface area contributed by atoms with E-state index < -0.39 is 0 Å². The third-order valence-corrected chi connectivity index (χ3v) is 4.59. The van der Waals surface area contributed by atoms with Crippen LogP contribution in [0, 0.1) is 6.92 Å². The lowest BCUT2D eigenvalue weighted by molar-refractivity contribution is 0.412. The summed E-state index contributed by atoms with van der Waals surface area (Å²) in [6.45, 7) is 3.87. The molecule has 0 aliphatic heterocycles. The lowest BCUT2D eigenvalue weighted by atomic mass is 10.2. The van der Waals surface area contributed by atoms with Gasteiger partial charge in [0.05, 0.1) is 17.3 Å². The number of halogens is 3. The summed E-state index contributed by atoms with van der Waals surface area (Å²) < 4.78 is 7.07. The fourth-order valence-electron chi connectivity index (χ4n) is 1.72. The van der Waals surface area contributed by atoms with E-state index in [1.807, 2.05) is 26.0 Å². The van der Waals surface area contributed by atoms with Gasteiger partial charge in [0.25, 0.3) is 0 Å². The van der Waals surface area contributed by atoms with Gasteiger partial charge in [0.15, 0.2) is 0 Å². The summed E-state index contributed by atoms with van der Waals surface area (Å²) in [5.41, 5.74) is 1.65. The molecule has 0 amide bonds. The van der Waals surface area contributed by atoms with Crippen molar-refractivity contribution < 1.29 is 4.74 Å². The van der Waals surface area contributed by atoms with Gasteiger partial charge in [0.1, 0.15) is 22.5 Å². The van der Waals surface area contributed by atoms with Crippen molar-refractivity contribution in [3.63, 3.8) is 0 Å². The van der Waals surface area contributed by atoms with E-state index in [1.165, 1.54) is 0 Å². The highest BCUT2D eigenvalue weighted by Gasteiger charge is 2.12. The first-order valence-electron chi connectivity index (χ1n) is 6.29. The molecular weight excluding hydrogens is 421 g/mol. The lowest BCUT2D eigenvalue weighted by Gasteiger charge is -2.14. The maximum Gasteiger partial charge on any atom is 0.138 e. The zero-order valence-corrected chi connectivity index (χ0v) is 15.7. The van der Waals surface area contributed by atoms with Crippen molar-refractivity contribution in [3.05, 3.63) is 37.6 Å². The fourth-order valence-corrected chi connectivity index (χ4v) is 3.16. The number of rotatable bonds is 4. The summed E-state index contributed by atoms with van der Waals surface area (Å²) in [5.74, 6) is 2.12. The third kappa shape index (κ3) is 3.67. The van der Waals surface area contributed by atoms with E-state index in [4.69, 9.17) is 16.3 Å². The van der Waals surface area contributed by atoms with E-state index in [2.05, 4.69) is 47.1 Å². The van der Waals surface area contributed by atoms with Gasteiger partial charge in [-0.3, -0.25) is 0 Å². The number of anilines is 2. The highest BCUT2D eigenvalue weighted by atomic mass is 79.9. The van der Waals surface area contributed by atoms with Crippen LogP contribution in [0.4, 0.5) is 11.5 Å². The van der Waals surface area contributed by atoms with Crippen molar-refractivity contribution >= 4 is 55.0 Å². The summed E-state index contributed by atoms with van der Waals surface area (Å²) in [5, 5.41) is 3.74. The average Bonchev–Trinajstić information content (AvgIpc) is 2.46. The van der Waals surface area contributed by atoms with Crippen molar-refractivity contribution in [1.29, 1.82) is 0 Å². The van der Waals surface area contributed by atoms with Gasteiger partial charge in [0.2, 0.25) is 0 Å². The second-order valence-corrected chi connectivity index (χ2v) is 6.42. The van der Waals surface area contributed by atoms with Crippen LogP contribution in [-0.4, -0.2) is 17.1 Å². The maximum absolute atomic E-state index is 6.15. The number of nitrogens with zero attached hydrogens (tertiary/aromatic N) is 2. The van der Waals surface area contributed by atoms with Crippen LogP contribution in [0.2, 0.25) is 5.15 Å². The Balaban J connectivity index is 2.45. The van der Waals surface area contributed by atoms with E-state index in [-0.39, 0.29) is 0 Å². The van der Waals surface area contributed by atoms with E-state index in [0.29, 0.717) is 16.8 Å². The van der Waals surface area contributed by atoms with Gasteiger partial charge in [-0.05, 0) is 44.8 Å². The molecule has 1 heterocycles. The molecule has 0 saturated heterocycles. The van der Waals surface area contributed by atoms with E-state index in [9.17, 15) is 0 Å². The molecule has 0 saturated carbocycles. The molecule has 4 nitrogen and oxygen atoms in total. The van der Waals surface area contributed by atoms with E-state index >= 15 is 0 Å². The van der Waals surface area contributed by atoms with Crippen LogP contribution < -0.4 is 10.1 Å². The van der Waals surface area contributed by atoms with Gasteiger partial charge in [-0.1, -0.05) is 18.5 Å². The number of methoxy groups -OCH3 is 1. The number of aromatic nitrogens is 2. The van der Waals surface area contributed by atoms with Gasteiger partial charge in [-0.2, -0.15) is 0 Å². The quantitative estimate of drug-likeness (QED) is 0.664. The monoisotopic (exact) mass is 433 g/mol. The van der Waals surface area contributed by atoms with E-state index in [0.717, 1.165) is 32.4 Å². The Bertz CT molecular complexity index is 680. The largest absolute Gasteiger partial charge is 0.495 e. The molecule has 0 unspecified atom stereocenters. The molecule has 0 bridgehead atoms. The third-order valence-electron chi connectivity index (χ3n) is 2.94. The summed E-state index contributed by atoms with van der Waals surface area (Å²) in [6, 6.07) is 3.80. The second kappa shape index (κ2) is 6.94. The summed E-state index contributed by atoms with van der Waals surface area (Å²) >= 11 is 13.1. The van der Waals surface area contributed by atoms with Crippen molar-refractivity contribution in [1.82, 2.24) is 9.97 Å². The molecule has 2 rings (SSSR count). The molecule has 21 heavy (non-hydrogen) atoms. The fraction of sp³-hybridized carbons (Fsp3) is 0.286. The van der Waals surface area contributed by atoms with E-state index in [1.54, 1.807) is 7.11 Å². The Morgan fingerprint density at radius 2 is 1.95 bits per heavy atom. The highest BCUT2D eigenvalue weighted by molar-refractivity contribution is 9.11. The minimum Gasteiger partial charge on any atom is -0.495 e. The summed E-state index contributed by atoms with van der Waals surface area (Å²) in [4.78, 5) is 8.72. The van der Waals surface area contributed by atoms with Gasteiger partial charge in [-0.15, -0.1) is 0 Å². The van der Waals surface area contributed by atoms with Gasteiger partial charge < -0.3 is 10.1 Å². The van der Waals surface area contributed by atoms with Crippen LogP contribution in [-0.2, 0) is 6.42 Å². The molecule has 0 atom stereocenters. The Morgan fingerprint density at radius 3 is 2.57 bits per heavy atom. The number of benzene rings is 1. The molecule has 0 aliphatic rings. The van der Waals surface area contributed by atoms with Crippen LogP contribution in [0.25, 0.3) is 0 Å². The Morgan fingerprint density at radius 1 is 1.24 bits per heavy atom. The molecule has 7 heteroatoms. The van der Waals surface area contributed by atoms with Crippen molar-refractivity contribution in [2.75, 3.05) is 12.4 Å². The number of hydrogen-bond donors (Lipinski definition) is 1. The molecule has 0 radical (unpaired) electrons. The first-order chi connectivity index (χ1) is 9.96. The molecule has 1 N–H and O–H groups in total. The molecule has 0 fully saturated rings. The van der Waals surface area contributed by atoms with Crippen molar-refractivity contribution in [3.8, 4) is 5.75 Å². The molecular formula is C14H14Br2ClN3O. The Kier molecular flexibility index (Phi) is 5.46. The average molecular weight is 436 g/mol. The SMILES string of the molecule is CCc1nc(Cl)c(C)c(Nc2cc(OC)c(Br)cc2Br)n1. The predicted molar refractivity (Wildman–Crippen MR) is 92.8 cm³/mol. The Labute approximate surface area is 145 Å².